The predicted molar refractivity (Wildman–Crippen MR) is 60.8 cm³/mol. The molecule has 0 radical (unpaired) electrons. The van der Waals surface area contributed by atoms with E-state index in [1.165, 1.54) is 6.92 Å². The van der Waals surface area contributed by atoms with E-state index in [-0.39, 0.29) is 9.80 Å². The van der Waals surface area contributed by atoms with Gasteiger partial charge in [-0.05, 0) is 31.9 Å². The summed E-state index contributed by atoms with van der Waals surface area (Å²) in [6.45, 7) is 3.86. The zero-order valence-corrected chi connectivity index (χ0v) is 9.58. The first-order valence-corrected chi connectivity index (χ1v) is 6.13. The maximum Gasteiger partial charge on any atom is 0.211 e. The van der Waals surface area contributed by atoms with Crippen molar-refractivity contribution in [3.8, 4) is 0 Å². The van der Waals surface area contributed by atoms with Crippen molar-refractivity contribution in [1.29, 1.82) is 0 Å². The van der Waals surface area contributed by atoms with Gasteiger partial charge in [0.1, 0.15) is 4.91 Å². The van der Waals surface area contributed by atoms with Crippen molar-refractivity contribution in [3.63, 3.8) is 0 Å². The molecule has 80 valence electrons. The molecule has 15 heavy (non-hydrogen) atoms. The zero-order chi connectivity index (χ0) is 11.3. The minimum Gasteiger partial charge on any atom is -0.242 e. The molecule has 0 bridgehead atoms. The second-order valence-corrected chi connectivity index (χ2v) is 5.05. The third kappa shape index (κ3) is 2.78. The molecule has 0 amide bonds. The molecule has 0 aromatic heterocycles. The molecule has 0 N–H and O–H groups in total. The lowest BCUT2D eigenvalue weighted by Crippen LogP contribution is -2.02. The second-order valence-electron chi connectivity index (χ2n) is 2.96. The molecule has 1 rings (SSSR count). The fraction of sp³-hybridized carbons (Fsp3) is 0.273. The minimum absolute atomic E-state index is 0.149. The summed E-state index contributed by atoms with van der Waals surface area (Å²) in [5, 5.41) is 0. The maximum absolute atomic E-state index is 11.9. The highest BCUT2D eigenvalue weighted by Gasteiger charge is 2.15. The van der Waals surface area contributed by atoms with Gasteiger partial charge in [0.15, 0.2) is 0 Å². The highest BCUT2D eigenvalue weighted by Crippen LogP contribution is 2.15. The van der Waals surface area contributed by atoms with Gasteiger partial charge in [-0.3, -0.25) is 0 Å². The summed E-state index contributed by atoms with van der Waals surface area (Å²) in [4.78, 5) is 4.22. The van der Waals surface area contributed by atoms with Crippen LogP contribution >= 0.6 is 0 Å². The summed E-state index contributed by atoms with van der Waals surface area (Å²) in [6.07, 6.45) is 0. The zero-order valence-electron chi connectivity index (χ0n) is 8.77. The Bertz CT molecular complexity index is 483. The van der Waals surface area contributed by atoms with E-state index < -0.39 is 9.84 Å². The molecule has 3 nitrogen and oxygen atoms in total. The first-order chi connectivity index (χ1) is 7.09. The Labute approximate surface area is 90.1 Å². The van der Waals surface area contributed by atoms with E-state index in [9.17, 15) is 8.42 Å². The second kappa shape index (κ2) is 4.91. The number of nitrogens with zero attached hydrogens (tertiary/aromatic N) is 1. The van der Waals surface area contributed by atoms with E-state index in [1.54, 1.807) is 30.3 Å². The van der Waals surface area contributed by atoms with Crippen LogP contribution in [-0.4, -0.2) is 20.8 Å². The van der Waals surface area contributed by atoms with Crippen molar-refractivity contribution in [2.75, 3.05) is 6.54 Å². The number of allylic oxidation sites excluding steroid dienone is 1. The van der Waals surface area contributed by atoms with Crippen molar-refractivity contribution in [3.05, 3.63) is 35.2 Å². The molecular weight excluding hydrogens is 210 g/mol. The number of aliphatic imine (C=N–C) groups is 1. The Hall–Kier alpha value is -1.38. The Morgan fingerprint density at radius 2 is 1.93 bits per heavy atom. The van der Waals surface area contributed by atoms with Gasteiger partial charge in [0.25, 0.3) is 0 Å². The van der Waals surface area contributed by atoms with E-state index in [4.69, 9.17) is 0 Å². The number of rotatable bonds is 3. The molecule has 0 saturated heterocycles. The predicted octanol–water partition coefficient (Wildman–Crippen LogP) is 2.05. The van der Waals surface area contributed by atoms with Crippen LogP contribution in [0.4, 0.5) is 0 Å². The third-order valence-electron chi connectivity index (χ3n) is 1.85. The van der Waals surface area contributed by atoms with Crippen LogP contribution < -0.4 is 0 Å². The Morgan fingerprint density at radius 3 is 2.47 bits per heavy atom. The summed E-state index contributed by atoms with van der Waals surface area (Å²) in [5.74, 6) is 2.52. The summed E-state index contributed by atoms with van der Waals surface area (Å²) >= 11 is 0. The van der Waals surface area contributed by atoms with Gasteiger partial charge in [0.2, 0.25) is 9.84 Å². The monoisotopic (exact) mass is 223 g/mol. The van der Waals surface area contributed by atoms with Crippen LogP contribution in [-0.2, 0) is 9.84 Å². The Balaban J connectivity index is 3.21. The summed E-state index contributed by atoms with van der Waals surface area (Å²) in [7, 11) is -3.40. The van der Waals surface area contributed by atoms with Crippen LogP contribution in [0.1, 0.15) is 13.8 Å². The first-order valence-electron chi connectivity index (χ1n) is 4.65. The van der Waals surface area contributed by atoms with Crippen LogP contribution in [0.5, 0.6) is 0 Å². The van der Waals surface area contributed by atoms with Crippen molar-refractivity contribution in [2.24, 2.45) is 4.99 Å². The lowest BCUT2D eigenvalue weighted by atomic mass is 10.4. The minimum atomic E-state index is -3.40. The quantitative estimate of drug-likeness (QED) is 0.736. The van der Waals surface area contributed by atoms with E-state index in [0.717, 1.165) is 0 Å². The molecule has 0 spiro atoms. The topological polar surface area (TPSA) is 46.5 Å². The molecule has 0 saturated carbocycles. The number of hydrogen-bond acceptors (Lipinski definition) is 3. The standard InChI is InChI=1S/C11H13NO2S/c1-3-12-9-10(2)15(13,14)11-7-5-4-6-8-11/h4-8H,3H2,1-2H3. The van der Waals surface area contributed by atoms with Gasteiger partial charge >= 0.3 is 0 Å². The normalized spacial score (nSPS) is 10.5. The first kappa shape index (κ1) is 11.7. The summed E-state index contributed by atoms with van der Waals surface area (Å²) in [6, 6.07) is 8.28. The lowest BCUT2D eigenvalue weighted by molar-refractivity contribution is 0.602. The fourth-order valence-electron chi connectivity index (χ4n) is 1.03. The molecule has 0 aliphatic rings. The number of sulfone groups is 1. The van der Waals surface area contributed by atoms with E-state index in [0.29, 0.717) is 6.54 Å². The molecule has 4 heteroatoms. The van der Waals surface area contributed by atoms with Crippen molar-refractivity contribution in [2.45, 2.75) is 18.7 Å². The SMILES string of the molecule is CCN=C=C(C)S(=O)(=O)c1ccccc1. The Morgan fingerprint density at radius 1 is 1.33 bits per heavy atom. The molecule has 0 unspecified atom stereocenters. The molecule has 0 aliphatic carbocycles. The molecule has 0 atom stereocenters. The number of hydrogen-bond donors (Lipinski definition) is 0. The molecule has 1 aromatic rings. The Kier molecular flexibility index (Phi) is 3.83. The molecule has 0 fully saturated rings. The highest BCUT2D eigenvalue weighted by molar-refractivity contribution is 7.95. The largest absolute Gasteiger partial charge is 0.242 e. The van der Waals surface area contributed by atoms with Gasteiger partial charge in [-0.25, -0.2) is 13.4 Å². The maximum atomic E-state index is 11.9. The highest BCUT2D eigenvalue weighted by atomic mass is 32.2. The number of benzene rings is 1. The van der Waals surface area contributed by atoms with Gasteiger partial charge in [-0.15, -0.1) is 0 Å². The van der Waals surface area contributed by atoms with Crippen LogP contribution in [0.2, 0.25) is 0 Å². The van der Waals surface area contributed by atoms with E-state index in [2.05, 4.69) is 10.9 Å². The van der Waals surface area contributed by atoms with Crippen molar-refractivity contribution < 1.29 is 8.42 Å². The molecule has 0 heterocycles. The molecule has 1 aromatic carbocycles. The van der Waals surface area contributed by atoms with Gasteiger partial charge < -0.3 is 0 Å². The summed E-state index contributed by atoms with van der Waals surface area (Å²) in [5.41, 5.74) is 0. The van der Waals surface area contributed by atoms with E-state index >= 15 is 0 Å². The lowest BCUT2D eigenvalue weighted by Gasteiger charge is -2.00. The van der Waals surface area contributed by atoms with Crippen LogP contribution in [0.3, 0.4) is 0 Å². The average molecular weight is 223 g/mol. The van der Waals surface area contributed by atoms with Crippen LogP contribution in [0.15, 0.2) is 45.1 Å². The van der Waals surface area contributed by atoms with Crippen LogP contribution in [0.25, 0.3) is 0 Å². The molecular formula is C11H13NO2S. The third-order valence-corrected chi connectivity index (χ3v) is 3.64. The van der Waals surface area contributed by atoms with Crippen LogP contribution in [0, 0.1) is 0 Å². The molecule has 0 aliphatic heterocycles. The van der Waals surface area contributed by atoms with Crippen molar-refractivity contribution >= 4 is 15.7 Å². The van der Waals surface area contributed by atoms with E-state index in [1.807, 2.05) is 6.92 Å². The van der Waals surface area contributed by atoms with Gasteiger partial charge in [0.05, 0.1) is 4.90 Å². The van der Waals surface area contributed by atoms with Gasteiger partial charge in [0, 0.05) is 6.54 Å². The smallest absolute Gasteiger partial charge is 0.211 e. The average Bonchev–Trinajstić information content (AvgIpc) is 2.27. The van der Waals surface area contributed by atoms with Gasteiger partial charge in [-0.2, -0.15) is 0 Å². The fourth-order valence-corrected chi connectivity index (χ4v) is 2.08. The van der Waals surface area contributed by atoms with Crippen molar-refractivity contribution in [1.82, 2.24) is 0 Å². The van der Waals surface area contributed by atoms with Gasteiger partial charge in [-0.1, -0.05) is 18.2 Å². The summed E-state index contributed by atoms with van der Waals surface area (Å²) < 4.78 is 23.8.